The van der Waals surface area contributed by atoms with Crippen molar-refractivity contribution in [1.29, 1.82) is 0 Å². The molecular formula is C15H22IN5. The minimum Gasteiger partial charge on any atom is -0.370 e. The van der Waals surface area contributed by atoms with Crippen LogP contribution in [0.15, 0.2) is 47.7 Å². The number of halogens is 1. The monoisotopic (exact) mass is 399 g/mol. The molecule has 0 aliphatic heterocycles. The van der Waals surface area contributed by atoms with E-state index in [4.69, 9.17) is 5.73 Å². The van der Waals surface area contributed by atoms with Crippen LogP contribution in [0.3, 0.4) is 0 Å². The molecule has 0 amide bonds. The van der Waals surface area contributed by atoms with Crippen LogP contribution < -0.4 is 11.1 Å². The Balaban J connectivity index is 0.00000220. The molecule has 6 heteroatoms. The van der Waals surface area contributed by atoms with Crippen LogP contribution in [-0.2, 0) is 6.54 Å². The smallest absolute Gasteiger partial charge is 0.188 e. The first-order valence-corrected chi connectivity index (χ1v) is 6.93. The molecule has 21 heavy (non-hydrogen) atoms. The first-order chi connectivity index (χ1) is 9.81. The molecule has 0 bridgehead atoms. The molecule has 0 radical (unpaired) electrons. The molecule has 0 aliphatic rings. The van der Waals surface area contributed by atoms with Crippen LogP contribution in [0.1, 0.15) is 25.3 Å². The van der Waals surface area contributed by atoms with Crippen LogP contribution in [-0.4, -0.2) is 22.3 Å². The number of aliphatic imine (C=N–C) groups is 1. The number of nitrogens with one attached hydrogen (secondary N) is 1. The standard InChI is InChI=1S/C15H21N5.HI/c1-2-3-9-17-15(16)18-12-13-7-4-5-8-14(13)20-11-6-10-19-20;/h4-8,10-11H,2-3,9,12H2,1H3,(H3,16,17,18);1H. The lowest BCUT2D eigenvalue weighted by Crippen LogP contribution is -2.32. The van der Waals surface area contributed by atoms with E-state index in [0.717, 1.165) is 30.6 Å². The number of para-hydroxylation sites is 1. The molecule has 114 valence electrons. The van der Waals surface area contributed by atoms with E-state index >= 15 is 0 Å². The van der Waals surface area contributed by atoms with E-state index in [-0.39, 0.29) is 24.0 Å². The van der Waals surface area contributed by atoms with Gasteiger partial charge in [-0.2, -0.15) is 5.10 Å². The summed E-state index contributed by atoms with van der Waals surface area (Å²) in [5, 5.41) is 7.37. The molecule has 2 rings (SSSR count). The van der Waals surface area contributed by atoms with E-state index in [9.17, 15) is 0 Å². The third-order valence-electron chi connectivity index (χ3n) is 3.00. The van der Waals surface area contributed by atoms with E-state index in [2.05, 4.69) is 22.3 Å². The van der Waals surface area contributed by atoms with Gasteiger partial charge in [0.15, 0.2) is 5.96 Å². The van der Waals surface area contributed by atoms with Crippen molar-refractivity contribution < 1.29 is 0 Å². The molecule has 0 atom stereocenters. The SMILES string of the molecule is CCCCNC(N)=NCc1ccccc1-n1cccn1.I. The van der Waals surface area contributed by atoms with E-state index in [0.29, 0.717) is 12.5 Å². The van der Waals surface area contributed by atoms with Gasteiger partial charge < -0.3 is 11.1 Å². The summed E-state index contributed by atoms with van der Waals surface area (Å²) < 4.78 is 1.84. The number of aromatic nitrogens is 2. The van der Waals surface area contributed by atoms with Gasteiger partial charge in [0.25, 0.3) is 0 Å². The predicted octanol–water partition coefficient (Wildman–Crippen LogP) is 2.69. The van der Waals surface area contributed by atoms with Crippen LogP contribution in [0.25, 0.3) is 5.69 Å². The maximum absolute atomic E-state index is 5.85. The highest BCUT2D eigenvalue weighted by Crippen LogP contribution is 2.14. The van der Waals surface area contributed by atoms with E-state index in [1.54, 1.807) is 6.20 Å². The maximum atomic E-state index is 5.85. The van der Waals surface area contributed by atoms with Gasteiger partial charge in [0.05, 0.1) is 12.2 Å². The van der Waals surface area contributed by atoms with Gasteiger partial charge in [-0.3, -0.25) is 0 Å². The lowest BCUT2D eigenvalue weighted by Gasteiger charge is -2.08. The molecule has 0 saturated heterocycles. The predicted molar refractivity (Wildman–Crippen MR) is 97.2 cm³/mol. The van der Waals surface area contributed by atoms with Gasteiger partial charge in [0.2, 0.25) is 0 Å². The van der Waals surface area contributed by atoms with E-state index in [1.165, 1.54) is 0 Å². The molecular weight excluding hydrogens is 377 g/mol. The third kappa shape index (κ3) is 5.37. The number of benzene rings is 1. The zero-order valence-corrected chi connectivity index (χ0v) is 14.5. The summed E-state index contributed by atoms with van der Waals surface area (Å²) in [4.78, 5) is 4.38. The fourth-order valence-electron chi connectivity index (χ4n) is 1.90. The van der Waals surface area contributed by atoms with Crippen molar-refractivity contribution in [2.45, 2.75) is 26.3 Å². The summed E-state index contributed by atoms with van der Waals surface area (Å²) in [5.74, 6) is 0.494. The maximum Gasteiger partial charge on any atom is 0.188 e. The lowest BCUT2D eigenvalue weighted by atomic mass is 10.2. The second kappa shape index (κ2) is 9.38. The summed E-state index contributed by atoms with van der Waals surface area (Å²) in [6.45, 7) is 3.56. The molecule has 1 heterocycles. The number of nitrogens with two attached hydrogens (primary N) is 1. The topological polar surface area (TPSA) is 68.2 Å². The van der Waals surface area contributed by atoms with Gasteiger partial charge in [-0.05, 0) is 24.1 Å². The molecule has 0 aliphatic carbocycles. The summed E-state index contributed by atoms with van der Waals surface area (Å²) in [5.41, 5.74) is 7.97. The second-order valence-electron chi connectivity index (χ2n) is 4.56. The molecule has 0 spiro atoms. The first kappa shape index (κ1) is 17.5. The van der Waals surface area contributed by atoms with Crippen molar-refractivity contribution in [3.05, 3.63) is 48.3 Å². The Kier molecular flexibility index (Phi) is 7.81. The van der Waals surface area contributed by atoms with Crippen molar-refractivity contribution in [2.24, 2.45) is 10.7 Å². The molecule has 0 unspecified atom stereocenters. The highest BCUT2D eigenvalue weighted by Gasteiger charge is 2.03. The number of hydrogen-bond acceptors (Lipinski definition) is 2. The number of unbranched alkanes of at least 4 members (excludes halogenated alkanes) is 1. The average molecular weight is 399 g/mol. The Morgan fingerprint density at radius 2 is 2.14 bits per heavy atom. The fourth-order valence-corrected chi connectivity index (χ4v) is 1.90. The Morgan fingerprint density at radius 1 is 1.33 bits per heavy atom. The van der Waals surface area contributed by atoms with Crippen LogP contribution >= 0.6 is 24.0 Å². The number of guanidine groups is 1. The van der Waals surface area contributed by atoms with Gasteiger partial charge in [0, 0.05) is 18.9 Å². The minimum absolute atomic E-state index is 0. The van der Waals surface area contributed by atoms with Crippen LogP contribution in [0.5, 0.6) is 0 Å². The zero-order chi connectivity index (χ0) is 14.2. The lowest BCUT2D eigenvalue weighted by molar-refractivity contribution is 0.747. The summed E-state index contributed by atoms with van der Waals surface area (Å²) in [6, 6.07) is 9.96. The van der Waals surface area contributed by atoms with Crippen molar-refractivity contribution >= 4 is 29.9 Å². The van der Waals surface area contributed by atoms with Gasteiger partial charge in [-0.25, -0.2) is 9.67 Å². The first-order valence-electron chi connectivity index (χ1n) is 6.93. The third-order valence-corrected chi connectivity index (χ3v) is 3.00. The summed E-state index contributed by atoms with van der Waals surface area (Å²) in [7, 11) is 0. The van der Waals surface area contributed by atoms with E-state index in [1.807, 2.05) is 41.2 Å². The summed E-state index contributed by atoms with van der Waals surface area (Å²) >= 11 is 0. The normalized spacial score (nSPS) is 11.0. The highest BCUT2D eigenvalue weighted by atomic mass is 127. The Labute approximate surface area is 142 Å². The van der Waals surface area contributed by atoms with Crippen LogP contribution in [0, 0.1) is 0 Å². The largest absolute Gasteiger partial charge is 0.370 e. The average Bonchev–Trinajstić information content (AvgIpc) is 3.00. The summed E-state index contributed by atoms with van der Waals surface area (Å²) in [6.07, 6.45) is 5.93. The van der Waals surface area contributed by atoms with Gasteiger partial charge in [0.1, 0.15) is 0 Å². The van der Waals surface area contributed by atoms with Crippen molar-refractivity contribution in [3.8, 4) is 5.69 Å². The Morgan fingerprint density at radius 3 is 2.86 bits per heavy atom. The molecule has 5 nitrogen and oxygen atoms in total. The van der Waals surface area contributed by atoms with Crippen LogP contribution in [0.4, 0.5) is 0 Å². The van der Waals surface area contributed by atoms with Crippen molar-refractivity contribution in [1.82, 2.24) is 15.1 Å². The Bertz CT molecular complexity index is 551. The van der Waals surface area contributed by atoms with Crippen LogP contribution in [0.2, 0.25) is 0 Å². The van der Waals surface area contributed by atoms with Gasteiger partial charge in [-0.1, -0.05) is 31.5 Å². The second-order valence-corrected chi connectivity index (χ2v) is 4.56. The Hall–Kier alpha value is -1.57. The van der Waals surface area contributed by atoms with Gasteiger partial charge >= 0.3 is 0 Å². The molecule has 1 aromatic carbocycles. The number of hydrogen-bond donors (Lipinski definition) is 2. The highest BCUT2D eigenvalue weighted by molar-refractivity contribution is 14.0. The molecule has 0 fully saturated rings. The fraction of sp³-hybridized carbons (Fsp3) is 0.333. The minimum atomic E-state index is 0. The molecule has 3 N–H and O–H groups in total. The number of rotatable bonds is 6. The van der Waals surface area contributed by atoms with Crippen molar-refractivity contribution in [3.63, 3.8) is 0 Å². The molecule has 0 saturated carbocycles. The van der Waals surface area contributed by atoms with E-state index < -0.39 is 0 Å². The zero-order valence-electron chi connectivity index (χ0n) is 12.2. The van der Waals surface area contributed by atoms with Gasteiger partial charge in [-0.15, -0.1) is 24.0 Å². The molecule has 1 aromatic heterocycles. The quantitative estimate of drug-likeness (QED) is 0.340. The van der Waals surface area contributed by atoms with Crippen molar-refractivity contribution in [2.75, 3.05) is 6.54 Å². The number of nitrogens with zero attached hydrogens (tertiary/aromatic N) is 3. The molecule has 2 aromatic rings.